The summed E-state index contributed by atoms with van der Waals surface area (Å²) in [6.45, 7) is 0. The first kappa shape index (κ1) is 17.7. The van der Waals surface area contributed by atoms with Crippen LogP contribution in [0.5, 0.6) is 0 Å². The van der Waals surface area contributed by atoms with Crippen LogP contribution in [0.2, 0.25) is 0 Å². The highest BCUT2D eigenvalue weighted by Gasteiger charge is 2.41. The molecule has 0 saturated carbocycles. The molecule has 0 atom stereocenters. The lowest BCUT2D eigenvalue weighted by atomic mass is 9.71. The lowest BCUT2D eigenvalue weighted by molar-refractivity contribution is -0.142. The molecule has 0 radical (unpaired) electrons. The Balaban J connectivity index is 2.33. The normalized spacial score (nSPS) is 11.0. The van der Waals surface area contributed by atoms with E-state index in [1.54, 1.807) is 0 Å². The van der Waals surface area contributed by atoms with Crippen molar-refractivity contribution in [2.45, 2.75) is 31.1 Å². The van der Waals surface area contributed by atoms with Crippen LogP contribution in [-0.4, -0.2) is 24.2 Å². The third-order valence-corrected chi connectivity index (χ3v) is 4.31. The summed E-state index contributed by atoms with van der Waals surface area (Å²) in [5, 5.41) is 10.1. The molecule has 0 aliphatic rings. The number of carbonyl (C=O) groups is 2. The van der Waals surface area contributed by atoms with Gasteiger partial charge >= 0.3 is 11.9 Å². The van der Waals surface area contributed by atoms with Crippen LogP contribution < -0.4 is 0 Å². The summed E-state index contributed by atoms with van der Waals surface area (Å²) < 4.78 is 4.64. The van der Waals surface area contributed by atoms with Gasteiger partial charge in [-0.25, -0.2) is 0 Å². The van der Waals surface area contributed by atoms with Crippen molar-refractivity contribution in [3.05, 3.63) is 71.8 Å². The van der Waals surface area contributed by atoms with E-state index < -0.39 is 11.4 Å². The van der Waals surface area contributed by atoms with Gasteiger partial charge in [0.15, 0.2) is 0 Å². The number of methoxy groups -OCH3 is 1. The van der Waals surface area contributed by atoms with Crippen LogP contribution in [0.15, 0.2) is 60.7 Å². The molecule has 0 amide bonds. The Morgan fingerprint density at radius 3 is 1.83 bits per heavy atom. The number of hydrogen-bond donors (Lipinski definition) is 1. The molecule has 4 nitrogen and oxygen atoms in total. The number of aliphatic carboxylic acids is 1. The monoisotopic (exact) mass is 326 g/mol. The van der Waals surface area contributed by atoms with Gasteiger partial charge in [-0.15, -0.1) is 0 Å². The molecule has 4 heteroatoms. The number of rotatable bonds is 8. The smallest absolute Gasteiger partial charge is 0.318 e. The van der Waals surface area contributed by atoms with Crippen molar-refractivity contribution in [2.24, 2.45) is 0 Å². The van der Waals surface area contributed by atoms with Gasteiger partial charge in [0.05, 0.1) is 7.11 Å². The number of hydrogen-bond acceptors (Lipinski definition) is 3. The quantitative estimate of drug-likeness (QED) is 0.592. The number of carboxylic acid groups (broad SMARTS) is 1. The number of esters is 1. The van der Waals surface area contributed by atoms with Crippen molar-refractivity contribution in [1.82, 2.24) is 0 Å². The summed E-state index contributed by atoms with van der Waals surface area (Å²) in [6, 6.07) is 18.5. The molecule has 0 spiro atoms. The van der Waals surface area contributed by atoms with Crippen molar-refractivity contribution in [2.75, 3.05) is 7.11 Å². The first-order chi connectivity index (χ1) is 11.6. The molecule has 0 saturated heterocycles. The van der Waals surface area contributed by atoms with Crippen LogP contribution in [-0.2, 0) is 19.7 Å². The zero-order chi connectivity index (χ0) is 17.4. The van der Waals surface area contributed by atoms with Crippen molar-refractivity contribution in [1.29, 1.82) is 0 Å². The Kier molecular flexibility index (Phi) is 6.13. The van der Waals surface area contributed by atoms with Crippen molar-refractivity contribution >= 4 is 11.9 Å². The molecule has 0 heterocycles. The molecule has 1 N–H and O–H groups in total. The first-order valence-electron chi connectivity index (χ1n) is 8.02. The number of benzene rings is 2. The lowest BCUT2D eigenvalue weighted by Gasteiger charge is -2.31. The molecule has 126 valence electrons. The molecular weight excluding hydrogens is 304 g/mol. The molecule has 0 fully saturated rings. The van der Waals surface area contributed by atoms with E-state index in [9.17, 15) is 14.7 Å². The van der Waals surface area contributed by atoms with Gasteiger partial charge in [-0.05, 0) is 24.0 Å². The number of carbonyl (C=O) groups excluding carboxylic acids is 1. The second-order valence-corrected chi connectivity index (χ2v) is 5.73. The third-order valence-electron chi connectivity index (χ3n) is 4.31. The minimum Gasteiger partial charge on any atom is -0.480 e. The van der Waals surface area contributed by atoms with Gasteiger partial charge in [0.25, 0.3) is 0 Å². The van der Waals surface area contributed by atoms with Crippen molar-refractivity contribution in [3.63, 3.8) is 0 Å². The fraction of sp³-hybridized carbons (Fsp3) is 0.300. The molecule has 0 bridgehead atoms. The number of unbranched alkanes of at least 4 members (excludes halogenated alkanes) is 1. The zero-order valence-corrected chi connectivity index (χ0v) is 13.8. The molecule has 0 aromatic heterocycles. The predicted octanol–water partition coefficient (Wildman–Crippen LogP) is 3.79. The molecule has 0 aliphatic heterocycles. The zero-order valence-electron chi connectivity index (χ0n) is 13.8. The largest absolute Gasteiger partial charge is 0.480 e. The van der Waals surface area contributed by atoms with E-state index in [2.05, 4.69) is 4.74 Å². The standard InChI is InChI=1S/C20H22O4/c1-24-18(21)14-8-9-15-20(19(22)23,16-10-4-2-5-11-16)17-12-6-3-7-13-17/h2-7,10-13H,8-9,14-15H2,1H3,(H,22,23). The Morgan fingerprint density at radius 1 is 0.917 bits per heavy atom. The number of ether oxygens (including phenoxy) is 1. The van der Waals surface area contributed by atoms with Crippen LogP contribution in [0.1, 0.15) is 36.8 Å². The molecule has 2 rings (SSSR count). The maximum Gasteiger partial charge on any atom is 0.318 e. The van der Waals surface area contributed by atoms with Crippen LogP contribution in [0.4, 0.5) is 0 Å². The van der Waals surface area contributed by atoms with Gasteiger partial charge in [0, 0.05) is 6.42 Å². The summed E-state index contributed by atoms with van der Waals surface area (Å²) in [5.41, 5.74) is 0.391. The Labute approximate surface area is 142 Å². The van der Waals surface area contributed by atoms with E-state index in [1.165, 1.54) is 7.11 Å². The highest BCUT2D eigenvalue weighted by Crippen LogP contribution is 2.37. The van der Waals surface area contributed by atoms with Gasteiger partial charge in [0.1, 0.15) is 5.41 Å². The van der Waals surface area contributed by atoms with E-state index in [-0.39, 0.29) is 5.97 Å². The molecule has 24 heavy (non-hydrogen) atoms. The van der Waals surface area contributed by atoms with Crippen LogP contribution in [0.3, 0.4) is 0 Å². The van der Waals surface area contributed by atoms with Crippen molar-refractivity contribution in [3.8, 4) is 0 Å². The Hall–Kier alpha value is -2.62. The summed E-state index contributed by atoms with van der Waals surface area (Å²) >= 11 is 0. The molecule has 0 aliphatic carbocycles. The van der Waals surface area contributed by atoms with E-state index in [0.717, 1.165) is 11.1 Å². The third kappa shape index (κ3) is 3.82. The topological polar surface area (TPSA) is 63.6 Å². The van der Waals surface area contributed by atoms with Gasteiger partial charge in [-0.2, -0.15) is 0 Å². The Morgan fingerprint density at radius 2 is 1.42 bits per heavy atom. The van der Waals surface area contributed by atoms with Gasteiger partial charge in [-0.3, -0.25) is 9.59 Å². The number of carboxylic acids is 1. The average Bonchev–Trinajstić information content (AvgIpc) is 2.63. The SMILES string of the molecule is COC(=O)CCCCC(C(=O)O)(c1ccccc1)c1ccccc1. The van der Waals surface area contributed by atoms with Crippen LogP contribution in [0, 0.1) is 0 Å². The van der Waals surface area contributed by atoms with E-state index in [0.29, 0.717) is 25.7 Å². The summed E-state index contributed by atoms with van der Waals surface area (Å²) in [7, 11) is 1.36. The van der Waals surface area contributed by atoms with E-state index in [1.807, 2.05) is 60.7 Å². The fourth-order valence-electron chi connectivity index (χ4n) is 3.02. The summed E-state index contributed by atoms with van der Waals surface area (Å²) in [4.78, 5) is 23.6. The molecule has 2 aromatic rings. The van der Waals surface area contributed by atoms with Crippen LogP contribution in [0.25, 0.3) is 0 Å². The first-order valence-corrected chi connectivity index (χ1v) is 8.02. The highest BCUT2D eigenvalue weighted by molar-refractivity contribution is 5.86. The van der Waals surface area contributed by atoms with Gasteiger partial charge < -0.3 is 9.84 Å². The van der Waals surface area contributed by atoms with E-state index >= 15 is 0 Å². The lowest BCUT2D eigenvalue weighted by Crippen LogP contribution is -2.37. The van der Waals surface area contributed by atoms with Gasteiger partial charge in [0.2, 0.25) is 0 Å². The van der Waals surface area contributed by atoms with Crippen LogP contribution >= 0.6 is 0 Å². The van der Waals surface area contributed by atoms with Gasteiger partial charge in [-0.1, -0.05) is 67.1 Å². The van der Waals surface area contributed by atoms with E-state index in [4.69, 9.17) is 0 Å². The minimum atomic E-state index is -1.11. The second kappa shape index (κ2) is 8.29. The molecule has 2 aromatic carbocycles. The maximum absolute atomic E-state index is 12.3. The predicted molar refractivity (Wildman–Crippen MR) is 91.8 cm³/mol. The highest BCUT2D eigenvalue weighted by atomic mass is 16.5. The molecular formula is C20H22O4. The second-order valence-electron chi connectivity index (χ2n) is 5.73. The fourth-order valence-corrected chi connectivity index (χ4v) is 3.02. The average molecular weight is 326 g/mol. The summed E-state index contributed by atoms with van der Waals surface area (Å²) in [5.74, 6) is -1.15. The molecule has 0 unspecified atom stereocenters. The van der Waals surface area contributed by atoms with Crippen molar-refractivity contribution < 1.29 is 19.4 Å². The summed E-state index contributed by atoms with van der Waals surface area (Å²) in [6.07, 6.45) is 1.94. The maximum atomic E-state index is 12.3. The minimum absolute atomic E-state index is 0.268. The Bertz CT molecular complexity index is 625.